The van der Waals surface area contributed by atoms with E-state index in [0.717, 1.165) is 23.4 Å². The Bertz CT molecular complexity index is 894. The predicted molar refractivity (Wildman–Crippen MR) is 113 cm³/mol. The number of methoxy groups -OCH3 is 1. The van der Waals surface area contributed by atoms with E-state index in [-0.39, 0.29) is 24.6 Å². The van der Waals surface area contributed by atoms with Crippen LogP contribution in [-0.2, 0) is 17.8 Å². The monoisotopic (exact) mass is 436 g/mol. The highest BCUT2D eigenvalue weighted by molar-refractivity contribution is 5.84. The summed E-state index contributed by atoms with van der Waals surface area (Å²) in [5.74, 6) is -3.06. The van der Waals surface area contributed by atoms with Crippen molar-refractivity contribution in [2.24, 2.45) is 4.99 Å². The fourth-order valence-corrected chi connectivity index (χ4v) is 2.75. The Labute approximate surface area is 180 Å². The summed E-state index contributed by atoms with van der Waals surface area (Å²) in [5, 5.41) is 3.16. The van der Waals surface area contributed by atoms with Crippen LogP contribution in [-0.4, -0.2) is 63.0 Å². The van der Waals surface area contributed by atoms with E-state index in [1.165, 1.54) is 4.90 Å². The third-order valence-electron chi connectivity index (χ3n) is 4.54. The maximum absolute atomic E-state index is 13.5. The highest BCUT2D eigenvalue weighted by Crippen LogP contribution is 2.15. The number of benzene rings is 2. The summed E-state index contributed by atoms with van der Waals surface area (Å²) in [7, 11) is 6.52. The molecular formula is C22H27F3N4O2. The zero-order chi connectivity index (χ0) is 23.0. The van der Waals surface area contributed by atoms with Gasteiger partial charge in [-0.15, -0.1) is 0 Å². The molecule has 31 heavy (non-hydrogen) atoms. The van der Waals surface area contributed by atoms with Crippen molar-refractivity contribution in [2.75, 3.05) is 41.3 Å². The number of likely N-dealkylation sites (N-methyl/N-ethyl adjacent to an activating group) is 1. The minimum Gasteiger partial charge on any atom is -0.497 e. The highest BCUT2D eigenvalue weighted by atomic mass is 19.2. The molecule has 0 heterocycles. The normalized spacial score (nSPS) is 11.3. The molecule has 1 N–H and O–H groups in total. The molecule has 0 saturated carbocycles. The van der Waals surface area contributed by atoms with Gasteiger partial charge in [0.1, 0.15) is 12.3 Å². The quantitative estimate of drug-likeness (QED) is 0.393. The standard InChI is InChI=1S/C22H27F3N4O2/c1-28(2)20(30)13-27-22(26-10-9-15-5-7-17(31-4)8-6-15)29(3)14-16-11-18(23)21(25)19(24)12-16/h5-8,11-12H,9-10,13-14H2,1-4H3,(H,26,27). The summed E-state index contributed by atoms with van der Waals surface area (Å²) in [4.78, 5) is 19.3. The topological polar surface area (TPSA) is 57.2 Å². The van der Waals surface area contributed by atoms with Crippen LogP contribution in [0.5, 0.6) is 5.75 Å². The average molecular weight is 436 g/mol. The first-order chi connectivity index (χ1) is 14.7. The molecule has 0 unspecified atom stereocenters. The number of nitrogens with one attached hydrogen (secondary N) is 1. The fraction of sp³-hybridized carbons (Fsp3) is 0.364. The highest BCUT2D eigenvalue weighted by Gasteiger charge is 2.14. The fourth-order valence-electron chi connectivity index (χ4n) is 2.75. The van der Waals surface area contributed by atoms with E-state index >= 15 is 0 Å². The molecule has 0 aromatic heterocycles. The summed E-state index contributed by atoms with van der Waals surface area (Å²) >= 11 is 0. The number of hydrogen-bond donors (Lipinski definition) is 1. The maximum atomic E-state index is 13.5. The third kappa shape index (κ3) is 7.20. The summed E-state index contributed by atoms with van der Waals surface area (Å²) in [6, 6.07) is 9.50. The lowest BCUT2D eigenvalue weighted by atomic mass is 10.1. The SMILES string of the molecule is COc1ccc(CCNC(=NCC(=O)N(C)C)N(C)Cc2cc(F)c(F)c(F)c2)cc1. The lowest BCUT2D eigenvalue weighted by molar-refractivity contribution is -0.127. The van der Waals surface area contributed by atoms with Crippen LogP contribution < -0.4 is 10.1 Å². The summed E-state index contributed by atoms with van der Waals surface area (Å²) < 4.78 is 45.4. The number of nitrogens with zero attached hydrogens (tertiary/aromatic N) is 3. The van der Waals surface area contributed by atoms with E-state index in [2.05, 4.69) is 10.3 Å². The minimum atomic E-state index is -1.51. The summed E-state index contributed by atoms with van der Waals surface area (Å²) in [6.07, 6.45) is 0.679. The van der Waals surface area contributed by atoms with Crippen LogP contribution in [0.4, 0.5) is 13.2 Å². The maximum Gasteiger partial charge on any atom is 0.243 e. The lowest BCUT2D eigenvalue weighted by Crippen LogP contribution is -2.40. The minimum absolute atomic E-state index is 0.0681. The van der Waals surface area contributed by atoms with Crippen LogP contribution in [0.25, 0.3) is 0 Å². The molecule has 0 spiro atoms. The number of amides is 1. The van der Waals surface area contributed by atoms with Crippen LogP contribution in [0.15, 0.2) is 41.4 Å². The van der Waals surface area contributed by atoms with E-state index in [1.54, 1.807) is 33.2 Å². The molecule has 168 valence electrons. The molecule has 0 saturated heterocycles. The predicted octanol–water partition coefficient (Wildman–Crippen LogP) is 2.82. The molecule has 0 aliphatic heterocycles. The van der Waals surface area contributed by atoms with Gasteiger partial charge in [0, 0.05) is 34.2 Å². The Hall–Kier alpha value is -3.23. The Morgan fingerprint density at radius 2 is 1.65 bits per heavy atom. The van der Waals surface area contributed by atoms with Gasteiger partial charge in [0.05, 0.1) is 7.11 Å². The van der Waals surface area contributed by atoms with Crippen molar-refractivity contribution in [3.63, 3.8) is 0 Å². The van der Waals surface area contributed by atoms with Crippen molar-refractivity contribution < 1.29 is 22.7 Å². The molecule has 2 aromatic rings. The van der Waals surface area contributed by atoms with Crippen LogP contribution in [0.3, 0.4) is 0 Å². The van der Waals surface area contributed by atoms with Crippen LogP contribution in [0.2, 0.25) is 0 Å². The summed E-state index contributed by atoms with van der Waals surface area (Å²) in [5.41, 5.74) is 1.31. The first-order valence-corrected chi connectivity index (χ1v) is 9.67. The number of aliphatic imine (C=N–C) groups is 1. The smallest absolute Gasteiger partial charge is 0.243 e. The van der Waals surface area contributed by atoms with Gasteiger partial charge >= 0.3 is 0 Å². The first kappa shape index (κ1) is 24.0. The molecule has 9 heteroatoms. The Morgan fingerprint density at radius 3 is 2.19 bits per heavy atom. The zero-order valence-electron chi connectivity index (χ0n) is 18.1. The van der Waals surface area contributed by atoms with Gasteiger partial charge in [-0.1, -0.05) is 12.1 Å². The van der Waals surface area contributed by atoms with Gasteiger partial charge in [0.15, 0.2) is 23.4 Å². The van der Waals surface area contributed by atoms with Gasteiger partial charge in [-0.25, -0.2) is 18.2 Å². The molecule has 2 rings (SSSR count). The molecule has 0 radical (unpaired) electrons. The number of hydrogen-bond acceptors (Lipinski definition) is 3. The Kier molecular flexibility index (Phi) is 8.72. The van der Waals surface area contributed by atoms with E-state index in [1.807, 2.05) is 24.3 Å². The van der Waals surface area contributed by atoms with E-state index in [9.17, 15) is 18.0 Å². The Morgan fingerprint density at radius 1 is 1.03 bits per heavy atom. The van der Waals surface area contributed by atoms with Gasteiger partial charge in [-0.05, 0) is 41.8 Å². The second-order valence-electron chi connectivity index (χ2n) is 7.18. The van der Waals surface area contributed by atoms with E-state index in [4.69, 9.17) is 4.74 Å². The average Bonchev–Trinajstić information content (AvgIpc) is 2.74. The second kappa shape index (κ2) is 11.2. The molecule has 0 aliphatic rings. The van der Waals surface area contributed by atoms with Crippen LogP contribution in [0.1, 0.15) is 11.1 Å². The second-order valence-corrected chi connectivity index (χ2v) is 7.18. The molecule has 0 aliphatic carbocycles. The number of halogens is 3. The van der Waals surface area contributed by atoms with Crippen molar-refractivity contribution >= 4 is 11.9 Å². The van der Waals surface area contributed by atoms with Crippen molar-refractivity contribution in [1.29, 1.82) is 0 Å². The van der Waals surface area contributed by atoms with Gasteiger partial charge < -0.3 is 19.9 Å². The van der Waals surface area contributed by atoms with E-state index < -0.39 is 17.5 Å². The number of carbonyl (C=O) groups excluding carboxylic acids is 1. The van der Waals surface area contributed by atoms with E-state index in [0.29, 0.717) is 18.9 Å². The zero-order valence-corrected chi connectivity index (χ0v) is 18.1. The van der Waals surface area contributed by atoms with Gasteiger partial charge in [0.25, 0.3) is 0 Å². The summed E-state index contributed by atoms with van der Waals surface area (Å²) in [6.45, 7) is 0.491. The van der Waals surface area contributed by atoms with Crippen molar-refractivity contribution in [1.82, 2.24) is 15.1 Å². The molecular weight excluding hydrogens is 409 g/mol. The molecule has 2 aromatic carbocycles. The van der Waals surface area contributed by atoms with Gasteiger partial charge in [-0.3, -0.25) is 4.79 Å². The largest absolute Gasteiger partial charge is 0.497 e. The third-order valence-corrected chi connectivity index (χ3v) is 4.54. The Balaban J connectivity index is 2.09. The van der Waals surface area contributed by atoms with Crippen molar-refractivity contribution in [3.05, 3.63) is 65.0 Å². The number of ether oxygens (including phenoxy) is 1. The van der Waals surface area contributed by atoms with Crippen LogP contribution in [0, 0.1) is 17.5 Å². The molecule has 6 nitrogen and oxygen atoms in total. The molecule has 0 atom stereocenters. The molecule has 1 amide bonds. The van der Waals surface area contributed by atoms with Gasteiger partial charge in [0.2, 0.25) is 5.91 Å². The van der Waals surface area contributed by atoms with Crippen molar-refractivity contribution in [2.45, 2.75) is 13.0 Å². The lowest BCUT2D eigenvalue weighted by Gasteiger charge is -2.23. The number of guanidine groups is 1. The molecule has 0 bridgehead atoms. The number of rotatable bonds is 8. The number of carbonyl (C=O) groups is 1. The van der Waals surface area contributed by atoms with Crippen LogP contribution >= 0.6 is 0 Å². The first-order valence-electron chi connectivity index (χ1n) is 9.67. The van der Waals surface area contributed by atoms with Crippen molar-refractivity contribution in [3.8, 4) is 5.75 Å². The van der Waals surface area contributed by atoms with Gasteiger partial charge in [-0.2, -0.15) is 0 Å². The molecule has 0 fully saturated rings.